The third-order valence-electron chi connectivity index (χ3n) is 6.22. The molecule has 1 saturated heterocycles. The van der Waals surface area contributed by atoms with Gasteiger partial charge >= 0.3 is 12.1 Å². The molecule has 2 aliphatic rings. The van der Waals surface area contributed by atoms with Gasteiger partial charge in [0.25, 0.3) is 0 Å². The molecule has 1 aromatic carbocycles. The van der Waals surface area contributed by atoms with Crippen LogP contribution in [-0.4, -0.2) is 56.7 Å². The summed E-state index contributed by atoms with van der Waals surface area (Å²) in [5.41, 5.74) is 4.61. The number of fused-ring (bicyclic) bond motifs is 3. The average Bonchev–Trinajstić information content (AvgIpc) is 3.49. The van der Waals surface area contributed by atoms with Crippen LogP contribution < -0.4 is 10.6 Å². The number of halogens is 1. The number of aromatic nitrogens is 3. The quantitative estimate of drug-likeness (QED) is 0.293. The second-order valence-electron chi connectivity index (χ2n) is 10.2. The fraction of sp³-hybridized carbons (Fsp3) is 0.423. The van der Waals surface area contributed by atoms with Gasteiger partial charge in [0, 0.05) is 29.3 Å². The highest BCUT2D eigenvalue weighted by Crippen LogP contribution is 2.39. The van der Waals surface area contributed by atoms with Crippen molar-refractivity contribution < 1.29 is 14.3 Å². The minimum Gasteiger partial charge on any atom is -0.444 e. The van der Waals surface area contributed by atoms with E-state index in [1.54, 1.807) is 4.90 Å². The van der Waals surface area contributed by atoms with Gasteiger partial charge in [0.15, 0.2) is 11.0 Å². The molecule has 0 radical (unpaired) electrons. The molecule has 0 spiro atoms. The third-order valence-corrected chi connectivity index (χ3v) is 8.06. The number of carbonyl (C=O) groups is 2. The van der Waals surface area contributed by atoms with Crippen LogP contribution in [0.3, 0.4) is 0 Å². The number of ether oxygens (including phenoxy) is 1. The fourth-order valence-corrected chi connectivity index (χ4v) is 6.18. The molecule has 11 heteroatoms. The van der Waals surface area contributed by atoms with Gasteiger partial charge in [-0.3, -0.25) is 5.32 Å². The highest BCUT2D eigenvalue weighted by Gasteiger charge is 2.30. The van der Waals surface area contributed by atoms with Crippen LogP contribution in [0.2, 0.25) is 0 Å². The van der Waals surface area contributed by atoms with E-state index in [-0.39, 0.29) is 12.1 Å². The number of alkyl carbamates (subject to hydrolysis) is 1. The number of nitrogens with zero attached hydrogens (tertiary/aromatic N) is 4. The van der Waals surface area contributed by atoms with E-state index in [0.29, 0.717) is 30.5 Å². The summed E-state index contributed by atoms with van der Waals surface area (Å²) in [6, 6.07) is 7.83. The minimum atomic E-state index is -0.562. The molecule has 1 fully saturated rings. The Balaban J connectivity index is 1.28. The lowest BCUT2D eigenvalue weighted by molar-refractivity contribution is 0.0506. The Morgan fingerprint density at radius 1 is 1.22 bits per heavy atom. The predicted octanol–water partition coefficient (Wildman–Crippen LogP) is 5.43. The number of alkyl halides is 1. The summed E-state index contributed by atoms with van der Waals surface area (Å²) in [5, 5.41) is 6.36. The molecular formula is C26H29IN6O3S. The molecule has 2 aromatic heterocycles. The molecular weight excluding hydrogens is 603 g/mol. The summed E-state index contributed by atoms with van der Waals surface area (Å²) in [5.74, 6) is 0.707. The molecule has 0 unspecified atom stereocenters. The molecule has 1 atom stereocenters. The van der Waals surface area contributed by atoms with Crippen LogP contribution in [0.4, 0.5) is 14.7 Å². The van der Waals surface area contributed by atoms with Crippen molar-refractivity contribution >= 4 is 51.2 Å². The first kappa shape index (κ1) is 25.8. The van der Waals surface area contributed by atoms with Gasteiger partial charge in [-0.15, -0.1) is 0 Å². The van der Waals surface area contributed by atoms with Gasteiger partial charge in [-0.1, -0.05) is 58.2 Å². The molecule has 0 bridgehead atoms. The van der Waals surface area contributed by atoms with E-state index >= 15 is 0 Å². The number of benzene rings is 1. The van der Waals surface area contributed by atoms with E-state index in [2.05, 4.69) is 50.3 Å². The monoisotopic (exact) mass is 632 g/mol. The summed E-state index contributed by atoms with van der Waals surface area (Å²) >= 11 is 3.80. The van der Waals surface area contributed by atoms with Crippen molar-refractivity contribution in [3.8, 4) is 22.0 Å². The predicted molar refractivity (Wildman–Crippen MR) is 152 cm³/mol. The maximum Gasteiger partial charge on any atom is 0.407 e. The zero-order valence-electron chi connectivity index (χ0n) is 21.0. The number of rotatable bonds is 4. The van der Waals surface area contributed by atoms with Gasteiger partial charge in [0.1, 0.15) is 5.60 Å². The van der Waals surface area contributed by atoms with Crippen molar-refractivity contribution in [2.24, 2.45) is 0 Å². The fourth-order valence-electron chi connectivity index (χ4n) is 4.49. The zero-order chi connectivity index (χ0) is 26.2. The van der Waals surface area contributed by atoms with Gasteiger partial charge in [-0.2, -0.15) is 0 Å². The third kappa shape index (κ3) is 5.87. The Morgan fingerprint density at radius 3 is 2.81 bits per heavy atom. The van der Waals surface area contributed by atoms with Crippen LogP contribution in [0.5, 0.6) is 0 Å². The lowest BCUT2D eigenvalue weighted by Crippen LogP contribution is -2.42. The number of amides is 3. The second kappa shape index (κ2) is 10.5. The van der Waals surface area contributed by atoms with Gasteiger partial charge < -0.3 is 15.0 Å². The lowest BCUT2D eigenvalue weighted by atomic mass is 9.99. The van der Waals surface area contributed by atoms with Crippen molar-refractivity contribution in [3.63, 3.8) is 0 Å². The number of urea groups is 1. The molecule has 1 aliphatic heterocycles. The van der Waals surface area contributed by atoms with Crippen molar-refractivity contribution in [2.75, 3.05) is 18.4 Å². The van der Waals surface area contributed by atoms with Crippen LogP contribution in [0.15, 0.2) is 30.5 Å². The highest BCUT2D eigenvalue weighted by atomic mass is 127. The van der Waals surface area contributed by atoms with E-state index in [1.165, 1.54) is 16.9 Å². The van der Waals surface area contributed by atoms with Crippen molar-refractivity contribution in [3.05, 3.63) is 47.3 Å². The van der Waals surface area contributed by atoms with Gasteiger partial charge in [-0.05, 0) is 51.2 Å². The number of likely N-dealkylation sites (tertiary alicyclic amines) is 1. The molecule has 5 rings (SSSR count). The van der Waals surface area contributed by atoms with Crippen LogP contribution in [0.1, 0.15) is 44.0 Å². The Bertz CT molecular complexity index is 1340. The molecule has 2 N–H and O–H groups in total. The minimum absolute atomic E-state index is 0.141. The van der Waals surface area contributed by atoms with Crippen molar-refractivity contribution in [1.29, 1.82) is 0 Å². The largest absolute Gasteiger partial charge is 0.444 e. The molecule has 9 nitrogen and oxygen atoms in total. The Morgan fingerprint density at radius 2 is 2.03 bits per heavy atom. The lowest BCUT2D eigenvalue weighted by Gasteiger charge is -2.22. The first-order valence-corrected chi connectivity index (χ1v) is 14.6. The maximum absolute atomic E-state index is 13.0. The Kier molecular flexibility index (Phi) is 7.35. The number of hydrogen-bond acceptors (Lipinski definition) is 7. The van der Waals surface area contributed by atoms with E-state index in [1.807, 2.05) is 39.1 Å². The molecule has 0 saturated carbocycles. The first-order valence-electron chi connectivity index (χ1n) is 12.3. The van der Waals surface area contributed by atoms with Crippen LogP contribution in [0, 0.1) is 0 Å². The molecule has 3 aromatic rings. The maximum atomic E-state index is 13.0. The van der Waals surface area contributed by atoms with E-state index in [0.717, 1.165) is 44.7 Å². The highest BCUT2D eigenvalue weighted by molar-refractivity contribution is 14.1. The van der Waals surface area contributed by atoms with Crippen molar-refractivity contribution in [1.82, 2.24) is 25.2 Å². The van der Waals surface area contributed by atoms with Gasteiger partial charge in [0.2, 0.25) is 0 Å². The zero-order valence-corrected chi connectivity index (χ0v) is 24.0. The summed E-state index contributed by atoms with van der Waals surface area (Å²) in [4.78, 5) is 42.0. The van der Waals surface area contributed by atoms with Crippen LogP contribution in [0.25, 0.3) is 22.0 Å². The number of nitrogens with one attached hydrogen (secondary N) is 2. The van der Waals surface area contributed by atoms with Gasteiger partial charge in [0.05, 0.1) is 22.3 Å². The first-order chi connectivity index (χ1) is 17.7. The average molecular weight is 633 g/mol. The molecule has 194 valence electrons. The number of anilines is 1. The number of carbonyl (C=O) groups excluding carboxylic acids is 2. The van der Waals surface area contributed by atoms with Gasteiger partial charge in [-0.25, -0.2) is 24.5 Å². The summed E-state index contributed by atoms with van der Waals surface area (Å²) < 4.78 is 6.20. The van der Waals surface area contributed by atoms with E-state index in [4.69, 9.17) is 14.7 Å². The molecule has 3 amide bonds. The topological polar surface area (TPSA) is 109 Å². The summed E-state index contributed by atoms with van der Waals surface area (Å²) in [7, 11) is 0. The SMILES string of the molecule is CC(C)(C)OC(=O)N[C@H]1CCN(C(=O)Nc2nc3c(s2)-c2nc(-c4ccccc4CI)ncc2CC3)C1. The number of aryl methyl sites for hydroxylation is 2. The van der Waals surface area contributed by atoms with E-state index in [9.17, 15) is 9.59 Å². The smallest absolute Gasteiger partial charge is 0.407 e. The Labute approximate surface area is 233 Å². The summed E-state index contributed by atoms with van der Waals surface area (Å²) in [6.07, 6.45) is 3.73. The molecule has 3 heterocycles. The number of thiazole rings is 1. The summed E-state index contributed by atoms with van der Waals surface area (Å²) in [6.45, 7) is 6.44. The molecule has 1 aliphatic carbocycles. The normalized spacial score (nSPS) is 16.6. The van der Waals surface area contributed by atoms with Crippen molar-refractivity contribution in [2.45, 2.75) is 56.1 Å². The number of hydrogen-bond donors (Lipinski definition) is 2. The second-order valence-corrected chi connectivity index (χ2v) is 11.9. The van der Waals surface area contributed by atoms with Crippen LogP contribution >= 0.6 is 33.9 Å². The van der Waals surface area contributed by atoms with E-state index < -0.39 is 11.7 Å². The standard InChI is InChI=1S/C26H29IN6O3S/c1-26(2,3)36-25(35)29-17-10-11-33(14-17)24(34)32-23-30-19-9-8-16-13-28-22(31-20(16)21(19)37-23)18-7-5-4-6-15(18)12-27/h4-7,13,17H,8-12,14H2,1-3H3,(H,29,35)(H,30,32,34)/t17-/m0/s1. The molecule has 37 heavy (non-hydrogen) atoms. The Hall–Kier alpha value is -2.80. The van der Waals surface area contributed by atoms with Crippen LogP contribution in [-0.2, 0) is 22.0 Å².